The maximum Gasteiger partial charge on any atom is 0.159 e. The van der Waals surface area contributed by atoms with E-state index in [1.54, 1.807) is 18.3 Å². The van der Waals surface area contributed by atoms with Crippen LogP contribution in [0.15, 0.2) is 41.8 Å². The van der Waals surface area contributed by atoms with E-state index in [0.717, 1.165) is 31.9 Å². The highest BCUT2D eigenvalue weighted by molar-refractivity contribution is 7.92. The Morgan fingerprint density at radius 3 is 2.28 bits per heavy atom. The highest BCUT2D eigenvalue weighted by Crippen LogP contribution is 2.26. The molecule has 2 rings (SSSR count). The van der Waals surface area contributed by atoms with Crippen molar-refractivity contribution in [3.05, 3.63) is 47.3 Å². The largest absolute Gasteiger partial charge is 0.298 e. The molecule has 0 aliphatic rings. The lowest BCUT2D eigenvalue weighted by atomic mass is 9.97. The van der Waals surface area contributed by atoms with Crippen molar-refractivity contribution in [3.8, 4) is 10.4 Å². The molecule has 1 unspecified atom stereocenters. The Labute approximate surface area is 155 Å². The van der Waals surface area contributed by atoms with Gasteiger partial charge in [0.25, 0.3) is 0 Å². The Bertz CT molecular complexity index is 790. The van der Waals surface area contributed by atoms with Crippen molar-refractivity contribution in [2.24, 2.45) is 0 Å². The Morgan fingerprint density at radius 2 is 1.76 bits per heavy atom. The minimum absolute atomic E-state index is 0.265. The van der Waals surface area contributed by atoms with Gasteiger partial charge in [-0.15, -0.1) is 11.3 Å². The van der Waals surface area contributed by atoms with E-state index in [1.807, 2.05) is 0 Å². The van der Waals surface area contributed by atoms with E-state index in [9.17, 15) is 13.2 Å². The van der Waals surface area contributed by atoms with Crippen LogP contribution in [0.3, 0.4) is 0 Å². The van der Waals surface area contributed by atoms with Gasteiger partial charge in [0.1, 0.15) is 4.75 Å². The molecule has 1 aromatic carbocycles. The molecule has 0 bridgehead atoms. The average Bonchev–Trinajstić information content (AvgIpc) is 3.08. The van der Waals surface area contributed by atoms with Crippen molar-refractivity contribution >= 4 is 27.0 Å². The summed E-state index contributed by atoms with van der Waals surface area (Å²) in [6, 6.07) is 12.8. The summed E-state index contributed by atoms with van der Waals surface area (Å²) in [4.78, 5) is 13.0. The number of carbonyl (C=O) groups excluding carboxylic acids is 1. The SMILES string of the molecule is CC(=O)C(C)(CCCCCc1ccc(-c2cccs2)cc1)S(C)(=O)=O. The first kappa shape index (κ1) is 19.9. The number of unbranched alkanes of at least 4 members (excludes halogenated alkanes) is 2. The van der Waals surface area contributed by atoms with Gasteiger partial charge >= 0.3 is 0 Å². The molecule has 1 atom stereocenters. The second-order valence-electron chi connectivity index (χ2n) is 6.79. The first-order valence-corrected chi connectivity index (χ1v) is 11.3. The molecule has 3 nitrogen and oxygen atoms in total. The normalized spacial score (nSPS) is 14.2. The van der Waals surface area contributed by atoms with Crippen LogP contribution >= 0.6 is 11.3 Å². The Hall–Kier alpha value is -1.46. The third kappa shape index (κ3) is 5.02. The third-order valence-corrected chi connectivity index (χ3v) is 7.99. The quantitative estimate of drug-likeness (QED) is 0.583. The fraction of sp³-hybridized carbons (Fsp3) is 0.450. The van der Waals surface area contributed by atoms with Gasteiger partial charge in [-0.1, -0.05) is 43.2 Å². The summed E-state index contributed by atoms with van der Waals surface area (Å²) >= 11 is 1.74. The number of thiophene rings is 1. The van der Waals surface area contributed by atoms with Crippen molar-refractivity contribution in [2.45, 2.75) is 50.7 Å². The minimum Gasteiger partial charge on any atom is -0.298 e. The van der Waals surface area contributed by atoms with Crippen molar-refractivity contribution < 1.29 is 13.2 Å². The van der Waals surface area contributed by atoms with Crippen LogP contribution in [0.2, 0.25) is 0 Å². The lowest BCUT2D eigenvalue weighted by molar-refractivity contribution is -0.119. The number of ketones is 1. The van der Waals surface area contributed by atoms with Crippen LogP contribution in [0.4, 0.5) is 0 Å². The molecule has 1 heterocycles. The molecule has 0 aliphatic carbocycles. The van der Waals surface area contributed by atoms with Crippen molar-refractivity contribution in [3.63, 3.8) is 0 Å². The molecule has 136 valence electrons. The molecule has 5 heteroatoms. The van der Waals surface area contributed by atoms with E-state index in [-0.39, 0.29) is 5.78 Å². The van der Waals surface area contributed by atoms with Gasteiger partial charge < -0.3 is 0 Å². The first-order valence-electron chi connectivity index (χ1n) is 8.57. The molecule has 0 saturated heterocycles. The predicted molar refractivity (Wildman–Crippen MR) is 106 cm³/mol. The zero-order valence-electron chi connectivity index (χ0n) is 15.1. The molecule has 0 aliphatic heterocycles. The minimum atomic E-state index is -3.38. The monoisotopic (exact) mass is 378 g/mol. The summed E-state index contributed by atoms with van der Waals surface area (Å²) in [5, 5.41) is 2.08. The van der Waals surface area contributed by atoms with Gasteiger partial charge in [0.15, 0.2) is 15.6 Å². The standard InChI is InChI=1S/C20H26O3S2/c1-16(21)20(2,25(3,22)23)14-6-4-5-8-17-10-12-18(13-11-17)19-9-7-15-24-19/h7,9-13,15H,4-6,8,14H2,1-3H3. The van der Waals surface area contributed by atoms with Crippen LogP contribution in [0.5, 0.6) is 0 Å². The van der Waals surface area contributed by atoms with Crippen molar-refractivity contribution in [2.75, 3.05) is 6.26 Å². The summed E-state index contributed by atoms with van der Waals surface area (Å²) in [6.07, 6.45) is 5.19. The molecule has 0 N–H and O–H groups in total. The number of hydrogen-bond donors (Lipinski definition) is 0. The van der Waals surface area contributed by atoms with Gasteiger partial charge in [-0.25, -0.2) is 8.42 Å². The summed E-state index contributed by atoms with van der Waals surface area (Å²) < 4.78 is 22.5. The van der Waals surface area contributed by atoms with Crippen LogP contribution in [0.25, 0.3) is 10.4 Å². The smallest absolute Gasteiger partial charge is 0.159 e. The molecular formula is C20H26O3S2. The number of Topliss-reactive ketones (excluding diaryl/α,β-unsaturated/α-hetero) is 1. The van der Waals surface area contributed by atoms with E-state index >= 15 is 0 Å². The lowest BCUT2D eigenvalue weighted by Gasteiger charge is -2.24. The number of sulfone groups is 1. The molecule has 0 radical (unpaired) electrons. The summed E-state index contributed by atoms with van der Waals surface area (Å²) in [5.74, 6) is -0.265. The highest BCUT2D eigenvalue weighted by Gasteiger charge is 2.39. The maximum absolute atomic E-state index is 11.9. The van der Waals surface area contributed by atoms with Crippen LogP contribution in [0.1, 0.15) is 45.1 Å². The first-order chi connectivity index (χ1) is 11.7. The predicted octanol–water partition coefficient (Wildman–Crippen LogP) is 4.91. The van der Waals surface area contributed by atoms with Gasteiger partial charge in [0, 0.05) is 11.1 Å². The van der Waals surface area contributed by atoms with E-state index in [2.05, 4.69) is 41.8 Å². The maximum atomic E-state index is 11.9. The zero-order chi connectivity index (χ0) is 18.5. The topological polar surface area (TPSA) is 51.2 Å². The molecule has 0 amide bonds. The second kappa shape index (κ2) is 8.28. The Morgan fingerprint density at radius 1 is 1.08 bits per heavy atom. The molecule has 25 heavy (non-hydrogen) atoms. The average molecular weight is 379 g/mol. The van der Waals surface area contributed by atoms with Crippen LogP contribution in [-0.2, 0) is 21.1 Å². The summed E-state index contributed by atoms with van der Waals surface area (Å²) in [6.45, 7) is 2.92. The molecule has 0 spiro atoms. The third-order valence-electron chi connectivity index (χ3n) is 4.94. The number of carbonyl (C=O) groups is 1. The lowest BCUT2D eigenvalue weighted by Crippen LogP contribution is -2.41. The van der Waals surface area contributed by atoms with E-state index in [0.29, 0.717) is 6.42 Å². The second-order valence-corrected chi connectivity index (χ2v) is 10.2. The Kier molecular flexibility index (Phi) is 6.58. The van der Waals surface area contributed by atoms with Gasteiger partial charge in [-0.3, -0.25) is 4.79 Å². The molecule has 2 aromatic rings. The van der Waals surface area contributed by atoms with Crippen LogP contribution < -0.4 is 0 Å². The molecule has 0 fully saturated rings. The fourth-order valence-corrected chi connectivity index (χ4v) is 4.64. The van der Waals surface area contributed by atoms with Crippen LogP contribution in [-0.4, -0.2) is 25.2 Å². The van der Waals surface area contributed by atoms with Gasteiger partial charge in [0.2, 0.25) is 0 Å². The highest BCUT2D eigenvalue weighted by atomic mass is 32.2. The molecular weight excluding hydrogens is 352 g/mol. The summed E-state index contributed by atoms with van der Waals surface area (Å²) in [5.41, 5.74) is 2.53. The molecule has 1 aromatic heterocycles. The van der Waals surface area contributed by atoms with E-state index < -0.39 is 14.6 Å². The number of rotatable bonds is 9. The van der Waals surface area contributed by atoms with Crippen molar-refractivity contribution in [1.82, 2.24) is 0 Å². The van der Waals surface area contributed by atoms with Gasteiger partial charge in [-0.05, 0) is 55.7 Å². The fourth-order valence-electron chi connectivity index (χ4n) is 2.87. The number of aryl methyl sites for hydroxylation is 1. The van der Waals surface area contributed by atoms with Gasteiger partial charge in [0.05, 0.1) is 0 Å². The summed E-state index contributed by atoms with van der Waals surface area (Å²) in [7, 11) is -3.38. The van der Waals surface area contributed by atoms with Gasteiger partial charge in [-0.2, -0.15) is 0 Å². The number of benzene rings is 1. The molecule has 0 saturated carbocycles. The number of hydrogen-bond acceptors (Lipinski definition) is 4. The van der Waals surface area contributed by atoms with E-state index in [1.165, 1.54) is 22.9 Å². The zero-order valence-corrected chi connectivity index (χ0v) is 16.8. The van der Waals surface area contributed by atoms with Crippen LogP contribution in [0, 0.1) is 0 Å². The Balaban J connectivity index is 1.80. The van der Waals surface area contributed by atoms with E-state index in [4.69, 9.17) is 0 Å². The van der Waals surface area contributed by atoms with Crippen molar-refractivity contribution in [1.29, 1.82) is 0 Å².